The van der Waals surface area contributed by atoms with Gasteiger partial charge in [0.15, 0.2) is 0 Å². The number of rotatable bonds is 8. The molecule has 0 bridgehead atoms. The molecule has 0 aromatic heterocycles. The highest BCUT2D eigenvalue weighted by atomic mass is 16.1. The molecule has 0 aliphatic rings. The molecule has 13 heavy (non-hydrogen) atoms. The molecule has 0 aromatic carbocycles. The van der Waals surface area contributed by atoms with Crippen molar-refractivity contribution in [2.45, 2.75) is 39.5 Å². The van der Waals surface area contributed by atoms with Gasteiger partial charge in [-0.15, -0.1) is 0 Å². The van der Waals surface area contributed by atoms with E-state index in [-0.39, 0.29) is 11.7 Å². The Morgan fingerprint density at radius 3 is 2.62 bits per heavy atom. The van der Waals surface area contributed by atoms with Crippen molar-refractivity contribution >= 4 is 12.2 Å². The minimum atomic E-state index is 0.219. The van der Waals surface area contributed by atoms with Gasteiger partial charge in [-0.05, 0) is 26.2 Å². The zero-order valence-corrected chi connectivity index (χ0v) is 8.51. The summed E-state index contributed by atoms with van der Waals surface area (Å²) in [7, 11) is 0. The van der Waals surface area contributed by atoms with Gasteiger partial charge < -0.3 is 5.32 Å². The molecule has 0 spiro atoms. The average Bonchev–Trinajstić information content (AvgIpc) is 2.10. The molecule has 1 atom stereocenters. The van der Waals surface area contributed by atoms with Gasteiger partial charge >= 0.3 is 0 Å². The predicted octanol–water partition coefficient (Wildman–Crippen LogP) is 1.52. The van der Waals surface area contributed by atoms with Crippen molar-refractivity contribution in [1.82, 2.24) is 5.32 Å². The molecule has 0 rings (SSSR count). The Bertz CT molecular complexity index is 157. The Morgan fingerprint density at radius 1 is 1.46 bits per heavy atom. The van der Waals surface area contributed by atoms with Gasteiger partial charge in [-0.1, -0.05) is 13.3 Å². The minimum absolute atomic E-state index is 0.219. The second-order valence-electron chi connectivity index (χ2n) is 3.28. The van der Waals surface area contributed by atoms with Crippen molar-refractivity contribution in [2.75, 3.05) is 6.54 Å². The number of hydrogen-bond acceptors (Lipinski definition) is 2. The summed E-state index contributed by atoms with van der Waals surface area (Å²) in [5, 5.41) is 2.60. The van der Waals surface area contributed by atoms with Crippen molar-refractivity contribution < 1.29 is 9.59 Å². The summed E-state index contributed by atoms with van der Waals surface area (Å²) in [6, 6.07) is 0. The molecule has 1 amide bonds. The average molecular weight is 185 g/mol. The summed E-state index contributed by atoms with van der Waals surface area (Å²) in [5.74, 6) is 0.502. The fraction of sp³-hybridized carbons (Fsp3) is 0.800. The van der Waals surface area contributed by atoms with Crippen LogP contribution in [0.2, 0.25) is 0 Å². The van der Waals surface area contributed by atoms with Gasteiger partial charge in [0.25, 0.3) is 0 Å². The van der Waals surface area contributed by atoms with Crippen LogP contribution in [0.25, 0.3) is 0 Å². The third kappa shape index (κ3) is 6.31. The molecular weight excluding hydrogens is 166 g/mol. The van der Waals surface area contributed by atoms with Gasteiger partial charge in [0.2, 0.25) is 6.41 Å². The zero-order valence-electron chi connectivity index (χ0n) is 8.51. The van der Waals surface area contributed by atoms with E-state index >= 15 is 0 Å². The molecule has 0 unspecified atom stereocenters. The van der Waals surface area contributed by atoms with E-state index in [1.807, 2.05) is 6.92 Å². The molecule has 0 radical (unpaired) electrons. The monoisotopic (exact) mass is 185 g/mol. The highest BCUT2D eigenvalue weighted by Gasteiger charge is 2.10. The molecule has 0 aromatic rings. The molecule has 1 N–H and O–H groups in total. The van der Waals surface area contributed by atoms with Crippen LogP contribution in [0.15, 0.2) is 0 Å². The van der Waals surface area contributed by atoms with Crippen molar-refractivity contribution in [3.05, 3.63) is 0 Å². The number of hydrogen-bond donors (Lipinski definition) is 1. The van der Waals surface area contributed by atoms with Gasteiger partial charge in [0, 0.05) is 12.5 Å². The van der Waals surface area contributed by atoms with Gasteiger partial charge in [-0.2, -0.15) is 0 Å². The van der Waals surface area contributed by atoms with Crippen molar-refractivity contribution in [2.24, 2.45) is 5.92 Å². The zero-order chi connectivity index (χ0) is 10.1. The van der Waals surface area contributed by atoms with Crippen LogP contribution in [0.3, 0.4) is 0 Å². The molecule has 3 nitrogen and oxygen atoms in total. The number of ketones is 1. The Morgan fingerprint density at radius 2 is 2.15 bits per heavy atom. The minimum Gasteiger partial charge on any atom is -0.359 e. The number of carbonyl (C=O) groups excluding carboxylic acids is 2. The normalized spacial score (nSPS) is 12.2. The summed E-state index contributed by atoms with van der Waals surface area (Å²) in [6.45, 7) is 4.41. The van der Waals surface area contributed by atoms with E-state index in [4.69, 9.17) is 0 Å². The van der Waals surface area contributed by atoms with E-state index in [9.17, 15) is 9.59 Å². The van der Waals surface area contributed by atoms with Crippen LogP contribution in [0, 0.1) is 5.92 Å². The van der Waals surface area contributed by atoms with Gasteiger partial charge in [0.05, 0.1) is 0 Å². The fourth-order valence-electron chi connectivity index (χ4n) is 1.37. The van der Waals surface area contributed by atoms with Gasteiger partial charge in [0.1, 0.15) is 5.78 Å². The lowest BCUT2D eigenvalue weighted by molar-refractivity contribution is -0.121. The fourth-order valence-corrected chi connectivity index (χ4v) is 1.37. The number of Topliss-reactive ketones (excluding diaryl/α,β-unsaturated/α-hetero) is 1. The van der Waals surface area contributed by atoms with Crippen LogP contribution in [0.4, 0.5) is 0 Å². The molecule has 3 heteroatoms. The van der Waals surface area contributed by atoms with Crippen LogP contribution in [0.5, 0.6) is 0 Å². The maximum Gasteiger partial charge on any atom is 0.207 e. The van der Waals surface area contributed by atoms with E-state index < -0.39 is 0 Å². The lowest BCUT2D eigenvalue weighted by Crippen LogP contribution is -2.14. The number of amides is 1. The Balaban J connectivity index is 3.38. The van der Waals surface area contributed by atoms with Crippen LogP contribution in [-0.2, 0) is 9.59 Å². The Hall–Kier alpha value is -0.860. The summed E-state index contributed by atoms with van der Waals surface area (Å²) in [4.78, 5) is 20.9. The molecule has 0 aliphatic heterocycles. The topological polar surface area (TPSA) is 46.2 Å². The molecule has 76 valence electrons. The molecule has 0 aliphatic carbocycles. The molecule has 0 saturated carbocycles. The molecule has 0 fully saturated rings. The first-order valence-electron chi connectivity index (χ1n) is 4.89. The number of nitrogens with one attached hydrogen (secondary N) is 1. The van der Waals surface area contributed by atoms with E-state index in [0.717, 1.165) is 32.2 Å². The first kappa shape index (κ1) is 12.1. The maximum absolute atomic E-state index is 11.0. The van der Waals surface area contributed by atoms with E-state index in [0.29, 0.717) is 6.41 Å². The number of unbranched alkanes of at least 4 members (excludes halogenated alkanes) is 1. The highest BCUT2D eigenvalue weighted by molar-refractivity contribution is 5.78. The molecule has 0 saturated heterocycles. The smallest absolute Gasteiger partial charge is 0.207 e. The van der Waals surface area contributed by atoms with E-state index in [2.05, 4.69) is 5.32 Å². The Labute approximate surface area is 79.9 Å². The molecular formula is C10H19NO2. The third-order valence-electron chi connectivity index (χ3n) is 2.27. The third-order valence-corrected chi connectivity index (χ3v) is 2.27. The lowest BCUT2D eigenvalue weighted by atomic mass is 9.96. The summed E-state index contributed by atoms with van der Waals surface area (Å²) >= 11 is 0. The van der Waals surface area contributed by atoms with Crippen LogP contribution < -0.4 is 5.32 Å². The van der Waals surface area contributed by atoms with Crippen molar-refractivity contribution in [3.63, 3.8) is 0 Å². The first-order chi connectivity index (χ1) is 6.22. The summed E-state index contributed by atoms with van der Waals surface area (Å²) < 4.78 is 0. The van der Waals surface area contributed by atoms with Crippen LogP contribution >= 0.6 is 0 Å². The number of carbonyl (C=O) groups is 2. The van der Waals surface area contributed by atoms with Gasteiger partial charge in [-0.25, -0.2) is 0 Å². The highest BCUT2D eigenvalue weighted by Crippen LogP contribution is 2.12. The first-order valence-corrected chi connectivity index (χ1v) is 4.89. The van der Waals surface area contributed by atoms with Crippen molar-refractivity contribution in [3.8, 4) is 0 Å². The SMILES string of the molecule is CC[C@@H](CCCCNC=O)C(C)=O. The largest absolute Gasteiger partial charge is 0.359 e. The standard InChI is InChI=1S/C10H19NO2/c1-3-10(9(2)13)6-4-5-7-11-8-12/h8,10H,3-7H2,1-2H3,(H,11,12)/t10-/m0/s1. The Kier molecular flexibility index (Phi) is 7.26. The summed E-state index contributed by atoms with van der Waals surface area (Å²) in [5.41, 5.74) is 0. The predicted molar refractivity (Wildman–Crippen MR) is 52.4 cm³/mol. The second kappa shape index (κ2) is 7.77. The quantitative estimate of drug-likeness (QED) is 0.460. The molecule has 0 heterocycles. The maximum atomic E-state index is 11.0. The van der Waals surface area contributed by atoms with Crippen LogP contribution in [0.1, 0.15) is 39.5 Å². The van der Waals surface area contributed by atoms with E-state index in [1.165, 1.54) is 0 Å². The van der Waals surface area contributed by atoms with Crippen LogP contribution in [-0.4, -0.2) is 18.7 Å². The second-order valence-corrected chi connectivity index (χ2v) is 3.28. The van der Waals surface area contributed by atoms with Gasteiger partial charge in [-0.3, -0.25) is 9.59 Å². The van der Waals surface area contributed by atoms with E-state index in [1.54, 1.807) is 6.92 Å². The lowest BCUT2D eigenvalue weighted by Gasteiger charge is -2.09. The summed E-state index contributed by atoms with van der Waals surface area (Å²) in [6.07, 6.45) is 4.56. The van der Waals surface area contributed by atoms with Crippen molar-refractivity contribution in [1.29, 1.82) is 0 Å².